The van der Waals surface area contributed by atoms with E-state index in [0.29, 0.717) is 0 Å². The normalized spacial score (nSPS) is 14.1. The number of hydrogen-bond donors (Lipinski definition) is 0. The van der Waals surface area contributed by atoms with Crippen LogP contribution >= 0.6 is 23.1 Å². The third-order valence-corrected chi connectivity index (χ3v) is 5.08. The van der Waals surface area contributed by atoms with Crippen molar-refractivity contribution < 1.29 is 9.47 Å². The van der Waals surface area contributed by atoms with Gasteiger partial charge >= 0.3 is 0 Å². The molecule has 3 rings (SSSR count). The van der Waals surface area contributed by atoms with Crippen LogP contribution < -0.4 is 9.47 Å². The molecule has 0 saturated carbocycles. The smallest absolute Gasteiger partial charge is 0.162 e. The Hall–Kier alpha value is -1.20. The van der Waals surface area contributed by atoms with Crippen LogP contribution in [0.4, 0.5) is 0 Å². The van der Waals surface area contributed by atoms with Crippen molar-refractivity contribution in [1.82, 2.24) is 4.98 Å². The molecule has 0 spiro atoms. The Morgan fingerprint density at radius 3 is 2.90 bits per heavy atom. The molecule has 1 aliphatic heterocycles. The van der Waals surface area contributed by atoms with Crippen LogP contribution in [0, 0.1) is 0 Å². The Bertz CT molecular complexity index is 583. The van der Waals surface area contributed by atoms with Crippen LogP contribution in [0.2, 0.25) is 0 Å². The number of aryl methyl sites for hydroxylation is 1. The summed E-state index contributed by atoms with van der Waals surface area (Å²) in [6.45, 7) is 3.60. The molecule has 0 saturated heterocycles. The van der Waals surface area contributed by atoms with Gasteiger partial charge in [0.1, 0.15) is 0 Å². The average Bonchev–Trinajstić information content (AvgIpc) is 2.82. The van der Waals surface area contributed by atoms with Crippen LogP contribution in [0.15, 0.2) is 28.5 Å². The van der Waals surface area contributed by atoms with Gasteiger partial charge in [0, 0.05) is 22.4 Å². The summed E-state index contributed by atoms with van der Waals surface area (Å²) >= 11 is 3.53. The molecule has 0 bridgehead atoms. The van der Waals surface area contributed by atoms with Gasteiger partial charge in [0.25, 0.3) is 0 Å². The van der Waals surface area contributed by atoms with Gasteiger partial charge in [0.15, 0.2) is 11.5 Å². The van der Waals surface area contributed by atoms with Crippen LogP contribution in [-0.2, 0) is 12.2 Å². The molecule has 0 N–H and O–H groups in total. The highest BCUT2D eigenvalue weighted by Gasteiger charge is 2.11. The molecule has 1 aromatic heterocycles. The molecule has 0 radical (unpaired) electrons. The standard InChI is InChI=1S/C15H17NO2S2/c1-2-15-16-11(10-20-15)9-19-12-4-5-13-14(8-12)18-7-3-6-17-13/h4-5,8,10H,2-3,6-7,9H2,1H3. The topological polar surface area (TPSA) is 31.4 Å². The van der Waals surface area contributed by atoms with E-state index in [2.05, 4.69) is 29.4 Å². The summed E-state index contributed by atoms with van der Waals surface area (Å²) in [6, 6.07) is 6.16. The lowest BCUT2D eigenvalue weighted by molar-refractivity contribution is 0.297. The maximum absolute atomic E-state index is 5.71. The number of rotatable bonds is 4. The van der Waals surface area contributed by atoms with Gasteiger partial charge in [-0.25, -0.2) is 4.98 Å². The van der Waals surface area contributed by atoms with Crippen molar-refractivity contribution in [2.24, 2.45) is 0 Å². The minimum Gasteiger partial charge on any atom is -0.490 e. The number of ether oxygens (including phenoxy) is 2. The summed E-state index contributed by atoms with van der Waals surface area (Å²) in [5.74, 6) is 2.62. The third kappa shape index (κ3) is 3.27. The fraction of sp³-hybridized carbons (Fsp3) is 0.400. The first-order chi connectivity index (χ1) is 9.85. The van der Waals surface area contributed by atoms with Gasteiger partial charge in [0.05, 0.1) is 23.9 Å². The first-order valence-electron chi connectivity index (χ1n) is 6.81. The maximum Gasteiger partial charge on any atom is 0.162 e. The minimum atomic E-state index is 0.729. The fourth-order valence-electron chi connectivity index (χ4n) is 1.97. The van der Waals surface area contributed by atoms with Gasteiger partial charge in [-0.1, -0.05) is 6.92 Å². The molecule has 1 aromatic carbocycles. The van der Waals surface area contributed by atoms with E-state index >= 15 is 0 Å². The maximum atomic E-state index is 5.71. The second-order valence-corrected chi connectivity index (χ2v) is 6.53. The number of nitrogens with zero attached hydrogens (tertiary/aromatic N) is 1. The number of thiazole rings is 1. The zero-order valence-corrected chi connectivity index (χ0v) is 13.1. The summed E-state index contributed by atoms with van der Waals surface area (Å²) < 4.78 is 11.3. The second-order valence-electron chi connectivity index (χ2n) is 4.53. The highest BCUT2D eigenvalue weighted by Crippen LogP contribution is 2.34. The van der Waals surface area contributed by atoms with Crippen LogP contribution in [0.1, 0.15) is 24.0 Å². The van der Waals surface area contributed by atoms with Gasteiger partial charge in [-0.2, -0.15) is 0 Å². The second kappa shape index (κ2) is 6.50. The highest BCUT2D eigenvalue weighted by atomic mass is 32.2. The summed E-state index contributed by atoms with van der Waals surface area (Å²) in [7, 11) is 0. The van der Waals surface area contributed by atoms with Gasteiger partial charge in [-0.15, -0.1) is 23.1 Å². The molecule has 106 valence electrons. The quantitative estimate of drug-likeness (QED) is 0.794. The molecule has 0 unspecified atom stereocenters. The van der Waals surface area contributed by atoms with Gasteiger partial charge in [-0.3, -0.25) is 0 Å². The average molecular weight is 307 g/mol. The number of hydrogen-bond acceptors (Lipinski definition) is 5. The van der Waals surface area contributed by atoms with Crippen LogP contribution in [0.3, 0.4) is 0 Å². The van der Waals surface area contributed by atoms with Crippen molar-refractivity contribution >= 4 is 23.1 Å². The van der Waals surface area contributed by atoms with E-state index in [1.54, 1.807) is 23.1 Å². The van der Waals surface area contributed by atoms with Crippen LogP contribution in [-0.4, -0.2) is 18.2 Å². The van der Waals surface area contributed by atoms with Gasteiger partial charge in [-0.05, 0) is 24.6 Å². The Kier molecular flexibility index (Phi) is 4.47. The van der Waals surface area contributed by atoms with E-state index in [4.69, 9.17) is 9.47 Å². The van der Waals surface area contributed by atoms with Crippen molar-refractivity contribution in [1.29, 1.82) is 0 Å². The molecule has 3 nitrogen and oxygen atoms in total. The summed E-state index contributed by atoms with van der Waals surface area (Å²) in [4.78, 5) is 5.78. The largest absolute Gasteiger partial charge is 0.490 e. The van der Waals surface area contributed by atoms with Crippen molar-refractivity contribution in [3.05, 3.63) is 34.3 Å². The predicted molar refractivity (Wildman–Crippen MR) is 83.1 cm³/mol. The highest BCUT2D eigenvalue weighted by molar-refractivity contribution is 7.98. The van der Waals surface area contributed by atoms with Crippen LogP contribution in [0.5, 0.6) is 11.5 Å². The Morgan fingerprint density at radius 1 is 1.25 bits per heavy atom. The Morgan fingerprint density at radius 2 is 2.10 bits per heavy atom. The van der Waals surface area contributed by atoms with E-state index in [9.17, 15) is 0 Å². The summed E-state index contributed by atoms with van der Waals surface area (Å²) in [6.07, 6.45) is 1.95. The van der Waals surface area contributed by atoms with E-state index in [-0.39, 0.29) is 0 Å². The molecule has 20 heavy (non-hydrogen) atoms. The molecule has 2 heterocycles. The lowest BCUT2D eigenvalue weighted by Gasteiger charge is -2.08. The van der Waals surface area contributed by atoms with Gasteiger partial charge in [0.2, 0.25) is 0 Å². The van der Waals surface area contributed by atoms with E-state index < -0.39 is 0 Å². The van der Waals surface area contributed by atoms with Crippen molar-refractivity contribution in [2.75, 3.05) is 13.2 Å². The van der Waals surface area contributed by atoms with E-state index in [1.165, 1.54) is 9.90 Å². The number of thioether (sulfide) groups is 1. The molecule has 0 amide bonds. The Labute approximate surface area is 127 Å². The Balaban J connectivity index is 1.67. The lowest BCUT2D eigenvalue weighted by Crippen LogP contribution is -1.97. The number of aromatic nitrogens is 1. The molecule has 5 heteroatoms. The van der Waals surface area contributed by atoms with Crippen molar-refractivity contribution in [3.8, 4) is 11.5 Å². The van der Waals surface area contributed by atoms with E-state index in [0.717, 1.165) is 49.0 Å². The first-order valence-corrected chi connectivity index (χ1v) is 8.67. The van der Waals surface area contributed by atoms with Gasteiger partial charge < -0.3 is 9.47 Å². The van der Waals surface area contributed by atoms with Crippen molar-refractivity contribution in [3.63, 3.8) is 0 Å². The summed E-state index contributed by atoms with van der Waals surface area (Å²) in [5.41, 5.74) is 1.16. The zero-order valence-electron chi connectivity index (χ0n) is 11.4. The predicted octanol–water partition coefficient (Wildman–Crippen LogP) is 4.16. The number of fused-ring (bicyclic) bond motifs is 1. The molecular formula is C15H17NO2S2. The van der Waals surface area contributed by atoms with Crippen molar-refractivity contribution in [2.45, 2.75) is 30.4 Å². The molecule has 0 aliphatic carbocycles. The fourth-order valence-corrected chi connectivity index (χ4v) is 3.64. The molecule has 2 aromatic rings. The number of benzene rings is 1. The third-order valence-electron chi connectivity index (χ3n) is 3.01. The molecular weight excluding hydrogens is 290 g/mol. The first kappa shape index (κ1) is 13.8. The molecule has 1 aliphatic rings. The zero-order chi connectivity index (χ0) is 13.8. The van der Waals surface area contributed by atoms with Crippen LogP contribution in [0.25, 0.3) is 0 Å². The molecule has 0 fully saturated rings. The lowest BCUT2D eigenvalue weighted by atomic mass is 10.3. The SMILES string of the molecule is CCc1nc(CSc2ccc3c(c2)OCCCO3)cs1. The minimum absolute atomic E-state index is 0.729. The summed E-state index contributed by atoms with van der Waals surface area (Å²) in [5, 5.41) is 3.36. The van der Waals surface area contributed by atoms with E-state index in [1.807, 2.05) is 6.07 Å². The monoisotopic (exact) mass is 307 g/mol. The molecule has 0 atom stereocenters.